The highest BCUT2D eigenvalue weighted by Gasteiger charge is 2.10. The van der Waals surface area contributed by atoms with E-state index in [4.69, 9.17) is 9.47 Å². The molecular weight excluding hydrogens is 327 g/mol. The molecule has 1 aromatic rings. The van der Waals surface area contributed by atoms with Gasteiger partial charge in [0, 0.05) is 11.0 Å². The number of unbranched alkanes of at least 4 members (excludes halogenated alkanes) is 2. The number of halogens is 1. The predicted molar refractivity (Wildman–Crippen MR) is 80.1 cm³/mol. The Kier molecular flexibility index (Phi) is 7.60. The monoisotopic (exact) mass is 348 g/mol. The Morgan fingerprint density at radius 3 is 2.76 bits per heavy atom. The lowest BCUT2D eigenvalue weighted by Crippen LogP contribution is -2.07. The van der Waals surface area contributed by atoms with Crippen LogP contribution in [0.2, 0.25) is 0 Å². The van der Waals surface area contributed by atoms with Gasteiger partial charge in [0.05, 0.1) is 13.2 Å². The Labute approximate surface area is 118 Å². The lowest BCUT2D eigenvalue weighted by molar-refractivity contribution is 0.0680. The van der Waals surface area contributed by atoms with E-state index in [9.17, 15) is 0 Å². The molecule has 0 aliphatic heterocycles. The van der Waals surface area contributed by atoms with Gasteiger partial charge in [0.1, 0.15) is 5.75 Å². The predicted octanol–water partition coefficient (Wildman–Crippen LogP) is 4.38. The molecule has 0 saturated heterocycles. The second kappa shape index (κ2) is 8.75. The summed E-state index contributed by atoms with van der Waals surface area (Å²) in [7, 11) is 1.69. The number of alkyl halides is 1. The second-order valence-corrected chi connectivity index (χ2v) is 4.88. The molecule has 0 fully saturated rings. The minimum atomic E-state index is 0.183. The summed E-state index contributed by atoms with van der Waals surface area (Å²) in [6.07, 6.45) is 3.81. The average molecular weight is 348 g/mol. The highest BCUT2D eigenvalue weighted by Crippen LogP contribution is 2.24. The molecule has 0 aromatic heterocycles. The molecule has 0 radical (unpaired) electrons. The third-order valence-electron chi connectivity index (χ3n) is 2.67. The molecule has 3 heteroatoms. The van der Waals surface area contributed by atoms with Crippen LogP contribution in [-0.2, 0) is 4.74 Å². The Hall–Kier alpha value is -0.290. The minimum Gasteiger partial charge on any atom is -0.497 e. The van der Waals surface area contributed by atoms with Gasteiger partial charge in [-0.25, -0.2) is 0 Å². The molecule has 0 saturated carbocycles. The Morgan fingerprint density at radius 1 is 1.29 bits per heavy atom. The highest BCUT2D eigenvalue weighted by atomic mass is 127. The summed E-state index contributed by atoms with van der Waals surface area (Å²) < 4.78 is 12.1. The van der Waals surface area contributed by atoms with Crippen LogP contribution < -0.4 is 4.74 Å². The molecule has 0 bridgehead atoms. The molecule has 1 aromatic carbocycles. The quantitative estimate of drug-likeness (QED) is 0.394. The summed E-state index contributed by atoms with van der Waals surface area (Å²) in [5, 5.41) is 0. The molecule has 17 heavy (non-hydrogen) atoms. The highest BCUT2D eigenvalue weighted by molar-refractivity contribution is 14.1. The van der Waals surface area contributed by atoms with Crippen molar-refractivity contribution in [2.24, 2.45) is 0 Å². The molecule has 1 rings (SSSR count). The second-order valence-electron chi connectivity index (χ2n) is 4.00. The molecule has 0 heterocycles. The molecule has 0 N–H and O–H groups in total. The Morgan fingerprint density at radius 2 is 2.12 bits per heavy atom. The van der Waals surface area contributed by atoms with E-state index in [1.807, 2.05) is 12.1 Å². The van der Waals surface area contributed by atoms with Crippen molar-refractivity contribution in [2.45, 2.75) is 32.3 Å². The lowest BCUT2D eigenvalue weighted by atomic mass is 10.1. The van der Waals surface area contributed by atoms with Crippen LogP contribution in [0.1, 0.15) is 37.9 Å². The standard InChI is InChI=1S/C14H21IO2/c1-3-4-5-9-17-14(11-15)12-7-6-8-13(10-12)16-2/h6-8,10,14H,3-5,9,11H2,1-2H3. The van der Waals surface area contributed by atoms with E-state index in [0.717, 1.165) is 23.2 Å². The van der Waals surface area contributed by atoms with Crippen LogP contribution in [0.4, 0.5) is 0 Å². The largest absolute Gasteiger partial charge is 0.497 e. The van der Waals surface area contributed by atoms with E-state index in [-0.39, 0.29) is 6.10 Å². The van der Waals surface area contributed by atoms with Gasteiger partial charge in [-0.3, -0.25) is 0 Å². The molecule has 0 amide bonds. The molecule has 0 spiro atoms. The van der Waals surface area contributed by atoms with Crippen molar-refractivity contribution in [3.63, 3.8) is 0 Å². The van der Waals surface area contributed by atoms with Gasteiger partial charge in [-0.15, -0.1) is 0 Å². The SMILES string of the molecule is CCCCCOC(CI)c1cccc(OC)c1. The van der Waals surface area contributed by atoms with Crippen LogP contribution in [0.3, 0.4) is 0 Å². The zero-order valence-electron chi connectivity index (χ0n) is 10.6. The van der Waals surface area contributed by atoms with E-state index < -0.39 is 0 Å². The minimum absolute atomic E-state index is 0.183. The number of ether oxygens (including phenoxy) is 2. The number of rotatable bonds is 8. The summed E-state index contributed by atoms with van der Waals surface area (Å²) in [5.74, 6) is 0.898. The van der Waals surface area contributed by atoms with Crippen molar-refractivity contribution in [1.82, 2.24) is 0 Å². The van der Waals surface area contributed by atoms with Gasteiger partial charge in [0.15, 0.2) is 0 Å². The lowest BCUT2D eigenvalue weighted by Gasteiger charge is -2.16. The maximum Gasteiger partial charge on any atom is 0.119 e. The number of hydrogen-bond acceptors (Lipinski definition) is 2. The normalized spacial score (nSPS) is 12.4. The summed E-state index contributed by atoms with van der Waals surface area (Å²) >= 11 is 2.37. The van der Waals surface area contributed by atoms with Crippen LogP contribution in [0.25, 0.3) is 0 Å². The molecule has 2 nitrogen and oxygen atoms in total. The van der Waals surface area contributed by atoms with Crippen molar-refractivity contribution >= 4 is 22.6 Å². The van der Waals surface area contributed by atoms with Crippen LogP contribution >= 0.6 is 22.6 Å². The number of hydrogen-bond donors (Lipinski definition) is 0. The van der Waals surface area contributed by atoms with Gasteiger partial charge in [0.25, 0.3) is 0 Å². The first-order valence-electron chi connectivity index (χ1n) is 6.13. The number of benzene rings is 1. The van der Waals surface area contributed by atoms with Crippen molar-refractivity contribution in [3.05, 3.63) is 29.8 Å². The van der Waals surface area contributed by atoms with Gasteiger partial charge < -0.3 is 9.47 Å². The first-order valence-corrected chi connectivity index (χ1v) is 7.65. The third-order valence-corrected chi connectivity index (χ3v) is 3.47. The van der Waals surface area contributed by atoms with Gasteiger partial charge in [0.2, 0.25) is 0 Å². The fraction of sp³-hybridized carbons (Fsp3) is 0.571. The van der Waals surface area contributed by atoms with Gasteiger partial charge in [-0.05, 0) is 24.1 Å². The molecule has 96 valence electrons. The molecule has 0 aliphatic rings. The van der Waals surface area contributed by atoms with E-state index in [2.05, 4.69) is 41.6 Å². The molecule has 1 atom stereocenters. The average Bonchev–Trinajstić information content (AvgIpc) is 2.39. The first kappa shape index (κ1) is 14.8. The number of methoxy groups -OCH3 is 1. The molecule has 1 unspecified atom stereocenters. The topological polar surface area (TPSA) is 18.5 Å². The van der Waals surface area contributed by atoms with Crippen molar-refractivity contribution < 1.29 is 9.47 Å². The van der Waals surface area contributed by atoms with Gasteiger partial charge >= 0.3 is 0 Å². The summed E-state index contributed by atoms with van der Waals surface area (Å²) in [4.78, 5) is 0. The third kappa shape index (κ3) is 5.25. The zero-order chi connectivity index (χ0) is 12.5. The smallest absolute Gasteiger partial charge is 0.119 e. The van der Waals surface area contributed by atoms with Crippen LogP contribution in [0.15, 0.2) is 24.3 Å². The van der Waals surface area contributed by atoms with Crippen molar-refractivity contribution in [3.8, 4) is 5.75 Å². The molecular formula is C14H21IO2. The van der Waals surface area contributed by atoms with E-state index in [0.29, 0.717) is 0 Å². The van der Waals surface area contributed by atoms with Crippen molar-refractivity contribution in [1.29, 1.82) is 0 Å². The Balaban J connectivity index is 2.53. The van der Waals surface area contributed by atoms with Crippen LogP contribution in [-0.4, -0.2) is 18.1 Å². The maximum absolute atomic E-state index is 5.92. The fourth-order valence-corrected chi connectivity index (χ4v) is 2.41. The van der Waals surface area contributed by atoms with Gasteiger partial charge in [-0.2, -0.15) is 0 Å². The zero-order valence-corrected chi connectivity index (χ0v) is 12.8. The van der Waals surface area contributed by atoms with Crippen LogP contribution in [0.5, 0.6) is 5.75 Å². The summed E-state index contributed by atoms with van der Waals surface area (Å²) in [6, 6.07) is 8.14. The van der Waals surface area contributed by atoms with E-state index in [1.54, 1.807) is 7.11 Å². The maximum atomic E-state index is 5.92. The molecule has 0 aliphatic carbocycles. The van der Waals surface area contributed by atoms with E-state index >= 15 is 0 Å². The van der Waals surface area contributed by atoms with Crippen LogP contribution in [0, 0.1) is 0 Å². The van der Waals surface area contributed by atoms with E-state index in [1.165, 1.54) is 18.4 Å². The summed E-state index contributed by atoms with van der Waals surface area (Å²) in [6.45, 7) is 3.05. The van der Waals surface area contributed by atoms with Crippen molar-refractivity contribution in [2.75, 3.05) is 18.1 Å². The summed E-state index contributed by atoms with van der Waals surface area (Å²) in [5.41, 5.74) is 1.20. The Bertz CT molecular complexity index is 315. The fourth-order valence-electron chi connectivity index (χ4n) is 1.65. The first-order chi connectivity index (χ1) is 8.31. The van der Waals surface area contributed by atoms with Gasteiger partial charge in [-0.1, -0.05) is 54.5 Å².